The number of aliphatic hydroxyl groups is 5. The third-order valence-electron chi connectivity index (χ3n) is 12.3. The number of methoxy groups -OCH3 is 1. The predicted molar refractivity (Wildman–Crippen MR) is 167 cm³/mol. The van der Waals surface area contributed by atoms with Gasteiger partial charge in [-0.15, -0.1) is 0 Å². The number of quaternary nitrogens is 1. The van der Waals surface area contributed by atoms with Crippen molar-refractivity contribution in [3.63, 3.8) is 0 Å². The van der Waals surface area contributed by atoms with Gasteiger partial charge in [0.25, 0.3) is 11.8 Å². The number of nitrogens with zero attached hydrogens (tertiary/aromatic N) is 1. The van der Waals surface area contributed by atoms with Crippen LogP contribution in [0.1, 0.15) is 51.9 Å². The zero-order valence-corrected chi connectivity index (χ0v) is 28.1. The van der Waals surface area contributed by atoms with E-state index in [4.69, 9.17) is 19.9 Å². The van der Waals surface area contributed by atoms with Crippen LogP contribution in [0.4, 0.5) is 0 Å². The van der Waals surface area contributed by atoms with E-state index in [1.54, 1.807) is 0 Å². The first-order valence-electron chi connectivity index (χ1n) is 17.7. The summed E-state index contributed by atoms with van der Waals surface area (Å²) in [6.45, 7) is 1.77. The van der Waals surface area contributed by atoms with Crippen LogP contribution in [-0.4, -0.2) is 135 Å². The van der Waals surface area contributed by atoms with E-state index in [2.05, 4.69) is 0 Å². The molecule has 0 aromatic rings. The maximum atomic E-state index is 14.0. The third kappa shape index (κ3) is 6.79. The number of hydrogen-bond acceptors (Lipinski definition) is 13. The highest BCUT2D eigenvalue weighted by Crippen LogP contribution is 2.49. The molecule has 9 N–H and O–H groups in total. The predicted octanol–water partition coefficient (Wildman–Crippen LogP) is -3.05. The molecule has 49 heavy (non-hydrogen) atoms. The molecule has 3 aliphatic carbocycles. The number of Topliss-reactive ketones (excluding diaryl/α,β-unsaturated/α-hetero) is 2. The highest BCUT2D eigenvalue weighted by atomic mass is 16.7. The van der Waals surface area contributed by atoms with Crippen LogP contribution in [0.2, 0.25) is 0 Å². The lowest BCUT2D eigenvalue weighted by atomic mass is 9.55. The van der Waals surface area contributed by atoms with Crippen molar-refractivity contribution in [3.8, 4) is 0 Å². The fraction of sp³-hybridized carbons (Fsp3) is 0.824. The Labute approximate surface area is 285 Å². The minimum absolute atomic E-state index is 0.0717. The number of rotatable bonds is 9. The van der Waals surface area contributed by atoms with Crippen LogP contribution in [0.5, 0.6) is 0 Å². The van der Waals surface area contributed by atoms with E-state index in [0.717, 1.165) is 4.90 Å². The van der Waals surface area contributed by atoms with Gasteiger partial charge in [0.2, 0.25) is 0 Å². The molecule has 0 bridgehead atoms. The van der Waals surface area contributed by atoms with Gasteiger partial charge in [-0.05, 0) is 49.9 Å². The molecule has 15 heteroatoms. The average Bonchev–Trinajstić information content (AvgIpc) is 3.38. The Morgan fingerprint density at radius 2 is 1.71 bits per heavy atom. The summed E-state index contributed by atoms with van der Waals surface area (Å²) in [5.41, 5.74) is 3.98. The van der Waals surface area contributed by atoms with E-state index < -0.39 is 96.5 Å². The molecule has 15 nitrogen and oxygen atoms in total. The van der Waals surface area contributed by atoms with Gasteiger partial charge in [0.05, 0.1) is 43.3 Å². The minimum atomic E-state index is -2.24. The largest absolute Gasteiger partial charge is 0.394 e. The van der Waals surface area contributed by atoms with Gasteiger partial charge in [0.15, 0.2) is 6.29 Å². The number of aliphatic hydroxyl groups excluding tert-OH is 4. The lowest BCUT2D eigenvalue weighted by Gasteiger charge is -2.53. The number of nitrogens with two attached hydrogens (primary N) is 2. The molecule has 3 aliphatic heterocycles. The summed E-state index contributed by atoms with van der Waals surface area (Å²) in [6.07, 6.45) is -4.87. The molecule has 16 atom stereocenters. The van der Waals surface area contributed by atoms with Crippen LogP contribution in [-0.2, 0) is 33.4 Å². The van der Waals surface area contributed by atoms with Crippen molar-refractivity contribution in [2.75, 3.05) is 26.8 Å². The van der Waals surface area contributed by atoms with E-state index in [9.17, 15) is 44.7 Å². The van der Waals surface area contributed by atoms with Gasteiger partial charge < -0.3 is 45.1 Å². The fourth-order valence-electron chi connectivity index (χ4n) is 9.78. The molecule has 274 valence electrons. The first-order valence-corrected chi connectivity index (χ1v) is 17.7. The summed E-state index contributed by atoms with van der Waals surface area (Å²) in [5, 5.41) is 58.4. The molecule has 5 fully saturated rings. The molecule has 0 radical (unpaired) electrons. The molecule has 3 saturated carbocycles. The van der Waals surface area contributed by atoms with Crippen molar-refractivity contribution in [1.29, 1.82) is 0 Å². The van der Waals surface area contributed by atoms with Crippen LogP contribution >= 0.6 is 0 Å². The SMILES string of the molecule is COC1CC(O[C@H]2O[C@H](CO)[C@](O)(C[C@H](CN3C(=O)C=CC3=O)C3CC[NH2+]C(N)C3)[C@H](O)[C@H]2O)C2C(=O)C3C(O)CC(C)CC3C(=O)C2C1. The topological polar surface area (TPSA) is 243 Å². The summed E-state index contributed by atoms with van der Waals surface area (Å²) in [6, 6.07) is 0. The average molecular weight is 695 g/mol. The molecule has 0 aromatic heterocycles. The van der Waals surface area contributed by atoms with E-state index in [1.165, 1.54) is 19.3 Å². The van der Waals surface area contributed by atoms with Crippen LogP contribution in [0, 0.1) is 41.4 Å². The van der Waals surface area contributed by atoms with Gasteiger partial charge in [-0.25, -0.2) is 0 Å². The number of ether oxygens (including phenoxy) is 3. The van der Waals surface area contributed by atoms with Gasteiger partial charge >= 0.3 is 0 Å². The highest BCUT2D eigenvalue weighted by molar-refractivity contribution is 6.12. The van der Waals surface area contributed by atoms with Crippen molar-refractivity contribution in [1.82, 2.24) is 4.90 Å². The highest BCUT2D eigenvalue weighted by Gasteiger charge is 2.61. The van der Waals surface area contributed by atoms with E-state index >= 15 is 0 Å². The Morgan fingerprint density at radius 3 is 2.37 bits per heavy atom. The van der Waals surface area contributed by atoms with Gasteiger partial charge in [0.1, 0.15) is 41.6 Å². The summed E-state index contributed by atoms with van der Waals surface area (Å²) in [4.78, 5) is 53.9. The second-order valence-electron chi connectivity index (χ2n) is 15.4. The molecule has 6 aliphatic rings. The van der Waals surface area contributed by atoms with Crippen molar-refractivity contribution in [2.45, 2.75) is 107 Å². The van der Waals surface area contributed by atoms with E-state index in [-0.39, 0.29) is 49.0 Å². The lowest BCUT2D eigenvalue weighted by Crippen LogP contribution is -2.94. The number of fused-ring (bicyclic) bond motifs is 2. The smallest absolute Gasteiger partial charge is 0.253 e. The van der Waals surface area contributed by atoms with Crippen molar-refractivity contribution < 1.29 is 64.2 Å². The third-order valence-corrected chi connectivity index (χ3v) is 12.3. The quantitative estimate of drug-likeness (QED) is 0.119. The molecule has 2 amide bonds. The Morgan fingerprint density at radius 1 is 1.02 bits per heavy atom. The van der Waals surface area contributed by atoms with Crippen molar-refractivity contribution in [2.24, 2.45) is 47.2 Å². The maximum absolute atomic E-state index is 14.0. The molecular weight excluding hydrogens is 642 g/mol. The number of ketones is 2. The Kier molecular flexibility index (Phi) is 10.8. The second-order valence-corrected chi connectivity index (χ2v) is 15.4. The van der Waals surface area contributed by atoms with Crippen LogP contribution < -0.4 is 11.1 Å². The van der Waals surface area contributed by atoms with Gasteiger partial charge in [-0.1, -0.05) is 6.92 Å². The summed E-state index contributed by atoms with van der Waals surface area (Å²) < 4.78 is 17.9. The van der Waals surface area contributed by atoms with E-state index in [1.807, 2.05) is 12.2 Å². The van der Waals surface area contributed by atoms with Crippen molar-refractivity contribution in [3.05, 3.63) is 12.2 Å². The van der Waals surface area contributed by atoms with E-state index in [0.29, 0.717) is 38.6 Å². The zero-order valence-electron chi connectivity index (χ0n) is 28.1. The first-order chi connectivity index (χ1) is 23.3. The molecule has 0 aromatic carbocycles. The van der Waals surface area contributed by atoms with Crippen LogP contribution in [0.15, 0.2) is 12.2 Å². The first kappa shape index (κ1) is 36.6. The zero-order chi connectivity index (χ0) is 35.4. The van der Waals surface area contributed by atoms with Crippen LogP contribution in [0.3, 0.4) is 0 Å². The Bertz CT molecular complexity index is 1290. The molecule has 3 heterocycles. The summed E-state index contributed by atoms with van der Waals surface area (Å²) in [7, 11) is 1.50. The molecular formula is C34H52N3O12+. The molecule has 0 spiro atoms. The Balaban J connectivity index is 1.23. The number of amides is 2. The monoisotopic (exact) mass is 694 g/mol. The second kappa shape index (κ2) is 14.4. The van der Waals surface area contributed by atoms with Crippen molar-refractivity contribution >= 4 is 23.4 Å². The molecule has 2 saturated heterocycles. The van der Waals surface area contributed by atoms with Gasteiger partial charge in [-0.3, -0.25) is 29.8 Å². The summed E-state index contributed by atoms with van der Waals surface area (Å²) in [5.74, 6) is -5.16. The fourth-order valence-corrected chi connectivity index (χ4v) is 9.78. The minimum Gasteiger partial charge on any atom is -0.394 e. The standard InChI is InChI=1S/C34H51N3O12/c1-15-7-19-27(21(39)8-15)30(43)28-20(29(19)42)10-18(47-2)11-22(28)48-33-31(44)32(45)34(46,23(14-38)49-33)12-17(16-5-6-36-24(35)9-16)13-37-25(40)3-4-26(37)41/h3-4,15-24,27-28,31-33,36,38-39,44-46H,5-14,35H2,1-2H3/p+1/t15?,16?,17-,18?,19?,20?,21?,22?,23-,24?,27?,28?,31-,32-,33+,34-/m1/s1. The number of carbonyl (C=O) groups is 4. The van der Waals surface area contributed by atoms with Gasteiger partial charge in [0, 0.05) is 50.5 Å². The number of carbonyl (C=O) groups excluding carboxylic acids is 4. The lowest BCUT2D eigenvalue weighted by molar-refractivity contribution is -0.699. The number of hydrogen-bond donors (Lipinski definition) is 7. The normalized spacial score (nSPS) is 46.5. The van der Waals surface area contributed by atoms with Gasteiger partial charge in [-0.2, -0.15) is 0 Å². The summed E-state index contributed by atoms with van der Waals surface area (Å²) >= 11 is 0. The molecule has 10 unspecified atom stereocenters. The number of piperidine rings is 1. The maximum Gasteiger partial charge on any atom is 0.253 e. The molecule has 6 rings (SSSR count). The Hall–Kier alpha value is -2.18. The van der Waals surface area contributed by atoms with Crippen LogP contribution in [0.25, 0.3) is 0 Å². The number of imide groups is 1.